The molecule has 0 atom stereocenters. The Bertz CT molecular complexity index is 2250. The Kier molecular flexibility index (Phi) is 7.56. The van der Waals surface area contributed by atoms with Gasteiger partial charge in [0, 0.05) is 22.5 Å². The number of hydrogen-bond acceptors (Lipinski definition) is 4. The van der Waals surface area contributed by atoms with Crippen molar-refractivity contribution in [3.05, 3.63) is 151 Å². The van der Waals surface area contributed by atoms with Crippen molar-refractivity contribution >= 4 is 34.6 Å². The van der Waals surface area contributed by atoms with Gasteiger partial charge in [-0.15, -0.1) is 0 Å². The smallest absolute Gasteiger partial charge is 0.393 e. The maximum absolute atomic E-state index is 4.62. The summed E-state index contributed by atoms with van der Waals surface area (Å²) in [5.41, 5.74) is 14.0. The summed E-state index contributed by atoms with van der Waals surface area (Å²) in [4.78, 5) is 4.83. The molecule has 0 aliphatic carbocycles. The van der Waals surface area contributed by atoms with Gasteiger partial charge in [-0.25, -0.2) is 0 Å². The van der Waals surface area contributed by atoms with Crippen LogP contribution in [0.4, 0.5) is 11.4 Å². The molecule has 8 rings (SSSR count). The Balaban J connectivity index is 1.21. The molecule has 0 saturated heterocycles. The van der Waals surface area contributed by atoms with Crippen LogP contribution in [-0.4, -0.2) is 31.3 Å². The minimum Gasteiger partial charge on any atom is -0.393 e. The molecule has 5 heteroatoms. The Morgan fingerprint density at radius 2 is 1.16 bits per heavy atom. The first kappa shape index (κ1) is 30.6. The number of aromatic nitrogens is 2. The molecule has 4 nitrogen and oxygen atoms in total. The Labute approximate surface area is 289 Å². The van der Waals surface area contributed by atoms with Crippen molar-refractivity contribution in [3.8, 4) is 44.6 Å². The Morgan fingerprint density at radius 1 is 0.531 bits per heavy atom. The van der Waals surface area contributed by atoms with Crippen LogP contribution in [0.1, 0.15) is 26.3 Å². The van der Waals surface area contributed by atoms with Gasteiger partial charge in [-0.1, -0.05) is 130 Å². The van der Waals surface area contributed by atoms with Crippen molar-refractivity contribution in [1.29, 1.82) is 0 Å². The molecule has 0 N–H and O–H groups in total. The summed E-state index contributed by atoms with van der Waals surface area (Å²) in [6.45, 7) is 6.81. The van der Waals surface area contributed by atoms with Crippen molar-refractivity contribution in [1.82, 2.24) is 10.2 Å². The van der Waals surface area contributed by atoms with Gasteiger partial charge in [0.15, 0.2) is 0 Å². The van der Waals surface area contributed by atoms with E-state index in [0.29, 0.717) is 0 Å². The van der Waals surface area contributed by atoms with Gasteiger partial charge in [-0.05, 0) is 99.5 Å². The molecule has 1 aliphatic rings. The van der Waals surface area contributed by atoms with Crippen molar-refractivity contribution in [3.63, 3.8) is 0 Å². The molecule has 0 spiro atoms. The van der Waals surface area contributed by atoms with Gasteiger partial charge in [0.25, 0.3) is 0 Å². The van der Waals surface area contributed by atoms with E-state index in [2.05, 4.69) is 194 Å². The lowest BCUT2D eigenvalue weighted by molar-refractivity contribution is 0.596. The fourth-order valence-corrected chi connectivity index (χ4v) is 7.52. The highest BCUT2D eigenvalue weighted by atomic mass is 15.3. The van der Waals surface area contributed by atoms with Gasteiger partial charge in [0.2, 0.25) is 0 Å². The van der Waals surface area contributed by atoms with Crippen molar-refractivity contribution in [2.45, 2.75) is 26.2 Å². The average molecular weight is 635 g/mol. The molecule has 0 fully saturated rings. The largest absolute Gasteiger partial charge is 0.412 e. The molecule has 6 aromatic carbocycles. The lowest BCUT2D eigenvalue weighted by Crippen LogP contribution is -2.55. The first-order chi connectivity index (χ1) is 23.8. The normalized spacial score (nSPS) is 12.9. The SMILES string of the molecule is CN1B(c2c(-c3ccccc3)cccc2-c2ccccc2)N(C)c2cc(-c3cnnc(-c4cc(C(C)(C)C)c5ccccc5c4)c3)ccc21. The molecular weight excluding hydrogens is 595 g/mol. The number of benzene rings is 6. The molecule has 0 bridgehead atoms. The third kappa shape index (κ3) is 5.45. The molecule has 49 heavy (non-hydrogen) atoms. The van der Waals surface area contributed by atoms with Crippen LogP contribution in [0.25, 0.3) is 55.4 Å². The monoisotopic (exact) mass is 634 g/mol. The predicted octanol–water partition coefficient (Wildman–Crippen LogP) is 9.88. The summed E-state index contributed by atoms with van der Waals surface area (Å²) in [6.07, 6.45) is 1.88. The zero-order valence-electron chi connectivity index (χ0n) is 28.7. The lowest BCUT2D eigenvalue weighted by Gasteiger charge is -2.28. The van der Waals surface area contributed by atoms with E-state index in [9.17, 15) is 0 Å². The zero-order valence-corrected chi connectivity index (χ0v) is 28.7. The Morgan fingerprint density at radius 3 is 1.84 bits per heavy atom. The first-order valence-corrected chi connectivity index (χ1v) is 17.0. The lowest BCUT2D eigenvalue weighted by atomic mass is 9.60. The highest BCUT2D eigenvalue weighted by Gasteiger charge is 2.41. The van der Waals surface area contributed by atoms with Gasteiger partial charge in [-0.2, -0.15) is 10.2 Å². The van der Waals surface area contributed by atoms with E-state index in [1.165, 1.54) is 55.4 Å². The van der Waals surface area contributed by atoms with Gasteiger partial charge in [0.05, 0.1) is 11.9 Å². The van der Waals surface area contributed by atoms with Crippen molar-refractivity contribution < 1.29 is 0 Å². The topological polar surface area (TPSA) is 32.3 Å². The van der Waals surface area contributed by atoms with E-state index in [-0.39, 0.29) is 12.4 Å². The predicted molar refractivity (Wildman–Crippen MR) is 209 cm³/mol. The third-order valence-corrected chi connectivity index (χ3v) is 9.96. The van der Waals surface area contributed by atoms with Crippen LogP contribution < -0.4 is 15.1 Å². The molecule has 0 unspecified atom stereocenters. The Hall–Kier alpha value is -5.68. The first-order valence-electron chi connectivity index (χ1n) is 17.0. The summed E-state index contributed by atoms with van der Waals surface area (Å²) in [6, 6.07) is 50.3. The minimum absolute atomic E-state index is 0.00333. The highest BCUT2D eigenvalue weighted by molar-refractivity contribution is 6.84. The van der Waals surface area contributed by atoms with Crippen LogP contribution >= 0.6 is 0 Å². The average Bonchev–Trinajstić information content (AvgIpc) is 3.39. The van der Waals surface area contributed by atoms with E-state index in [4.69, 9.17) is 0 Å². The third-order valence-electron chi connectivity index (χ3n) is 9.96. The molecular formula is C44H39BN4. The summed E-state index contributed by atoms with van der Waals surface area (Å²) in [7, 11) is 4.43. The second-order valence-corrected chi connectivity index (χ2v) is 14.1. The van der Waals surface area contributed by atoms with Crippen LogP contribution in [-0.2, 0) is 5.41 Å². The van der Waals surface area contributed by atoms with Crippen LogP contribution in [0.2, 0.25) is 0 Å². The minimum atomic E-state index is -0.00665. The van der Waals surface area contributed by atoms with E-state index >= 15 is 0 Å². The van der Waals surface area contributed by atoms with Crippen LogP contribution in [0, 0.1) is 0 Å². The quantitative estimate of drug-likeness (QED) is 0.177. The summed E-state index contributed by atoms with van der Waals surface area (Å²) >= 11 is 0. The maximum atomic E-state index is 4.62. The van der Waals surface area contributed by atoms with Gasteiger partial charge < -0.3 is 9.62 Å². The maximum Gasteiger partial charge on any atom is 0.412 e. The molecule has 1 aliphatic heterocycles. The van der Waals surface area contributed by atoms with Crippen molar-refractivity contribution in [2.75, 3.05) is 23.7 Å². The summed E-state index contributed by atoms with van der Waals surface area (Å²) < 4.78 is 0. The number of rotatable bonds is 5. The van der Waals surface area contributed by atoms with Crippen LogP contribution in [0.3, 0.4) is 0 Å². The number of fused-ring (bicyclic) bond motifs is 2. The van der Waals surface area contributed by atoms with Gasteiger partial charge in [-0.3, -0.25) is 0 Å². The number of nitrogens with zero attached hydrogens (tertiary/aromatic N) is 4. The second-order valence-electron chi connectivity index (χ2n) is 14.1. The summed E-state index contributed by atoms with van der Waals surface area (Å²) in [5.74, 6) is 0. The molecule has 1 aromatic heterocycles. The highest BCUT2D eigenvalue weighted by Crippen LogP contribution is 2.41. The van der Waals surface area contributed by atoms with Gasteiger partial charge >= 0.3 is 6.98 Å². The molecule has 0 amide bonds. The van der Waals surface area contributed by atoms with Crippen molar-refractivity contribution in [2.24, 2.45) is 0 Å². The van der Waals surface area contributed by atoms with E-state index in [1.54, 1.807) is 0 Å². The number of anilines is 2. The van der Waals surface area contributed by atoms with Gasteiger partial charge in [0.1, 0.15) is 0 Å². The van der Waals surface area contributed by atoms with E-state index < -0.39 is 0 Å². The fourth-order valence-electron chi connectivity index (χ4n) is 7.52. The second kappa shape index (κ2) is 12.1. The molecule has 238 valence electrons. The molecule has 0 saturated carbocycles. The molecule has 0 radical (unpaired) electrons. The standard InChI is InChI=1S/C44H39BN4/c1-44(2,3)39-26-34(25-33-19-12-13-20-36(33)39)40-27-35(29-46-47-40)32-23-24-41-42(28-32)49(5)45(48(41)4)43-37(30-15-8-6-9-16-30)21-14-22-38(43)31-17-10-7-11-18-31/h6-29H,1-5H3. The van der Waals surface area contributed by atoms with Crippen LogP contribution in [0.5, 0.6) is 0 Å². The molecule has 2 heterocycles. The summed E-state index contributed by atoms with van der Waals surface area (Å²) in [5, 5.41) is 11.6. The van der Waals surface area contributed by atoms with Crippen LogP contribution in [0.15, 0.2) is 146 Å². The number of hydrogen-bond donors (Lipinski definition) is 0. The zero-order chi connectivity index (χ0) is 33.7. The van der Waals surface area contributed by atoms with E-state index in [0.717, 1.165) is 22.4 Å². The fraction of sp³-hybridized carbons (Fsp3) is 0.136. The molecule has 7 aromatic rings. The van der Waals surface area contributed by atoms with E-state index in [1.807, 2.05) is 6.20 Å².